The number of nitrogens with zero attached hydrogens (tertiary/aromatic N) is 1. The van der Waals surface area contributed by atoms with Gasteiger partial charge in [-0.05, 0) is 35.9 Å². The number of thiazole rings is 1. The lowest BCUT2D eigenvalue weighted by Gasteiger charge is -2.05. The van der Waals surface area contributed by atoms with Crippen LogP contribution in [-0.2, 0) is 7.05 Å². The van der Waals surface area contributed by atoms with Crippen LogP contribution in [0, 0.1) is 0 Å². The van der Waals surface area contributed by atoms with E-state index in [9.17, 15) is 9.59 Å². The molecular weight excluding hydrogens is 354 g/mol. The highest BCUT2D eigenvalue weighted by Crippen LogP contribution is 2.22. The summed E-state index contributed by atoms with van der Waals surface area (Å²) in [6.45, 7) is 0. The molecule has 0 fully saturated rings. The lowest BCUT2D eigenvalue weighted by Crippen LogP contribution is -2.29. The number of furan rings is 1. The summed E-state index contributed by atoms with van der Waals surface area (Å²) in [7, 11) is 4.76. The molecule has 0 aliphatic heterocycles. The van der Waals surface area contributed by atoms with Gasteiger partial charge in [0.1, 0.15) is 16.2 Å². The molecule has 0 aliphatic rings. The summed E-state index contributed by atoms with van der Waals surface area (Å²) in [6, 6.07) is 8.59. The maximum atomic E-state index is 12.5. The molecule has 2 heterocycles. The largest absolute Gasteiger partial charge is 0.497 e. The Morgan fingerprint density at radius 1 is 1.19 bits per heavy atom. The summed E-state index contributed by atoms with van der Waals surface area (Å²) in [6.07, 6.45) is 4.57. The molecule has 7 heteroatoms. The number of aromatic nitrogens is 1. The molecule has 0 N–H and O–H groups in total. The summed E-state index contributed by atoms with van der Waals surface area (Å²) < 4.78 is 18.1. The van der Waals surface area contributed by atoms with Crippen molar-refractivity contribution < 1.29 is 18.7 Å². The van der Waals surface area contributed by atoms with E-state index in [1.807, 2.05) is 0 Å². The first kappa shape index (κ1) is 17.8. The predicted octanol–water partition coefficient (Wildman–Crippen LogP) is 1.55. The van der Waals surface area contributed by atoms with Crippen molar-refractivity contribution in [1.82, 2.24) is 4.57 Å². The minimum absolute atomic E-state index is 0.185. The van der Waals surface area contributed by atoms with E-state index in [0.717, 1.165) is 5.56 Å². The molecule has 0 unspecified atom stereocenters. The smallest absolute Gasteiger partial charge is 0.268 e. The summed E-state index contributed by atoms with van der Waals surface area (Å²) in [5.41, 5.74) is 0.583. The van der Waals surface area contributed by atoms with E-state index in [2.05, 4.69) is 0 Å². The number of rotatable bonds is 5. The van der Waals surface area contributed by atoms with Gasteiger partial charge in [0.15, 0.2) is 5.76 Å². The lowest BCUT2D eigenvalue weighted by molar-refractivity contribution is 0.103. The normalized spacial score (nSPS) is 12.4. The standard InChI is InChI=1S/C19H17NO5S/c1-20-18(11-15(21)16-5-4-6-25-16)26-17(19(20)22)9-12-7-13(23-2)10-14(8-12)24-3/h4-11H,1-3H3/b17-9-,18-11-. The molecule has 26 heavy (non-hydrogen) atoms. The van der Waals surface area contributed by atoms with Crippen LogP contribution >= 0.6 is 11.3 Å². The Balaban J connectivity index is 2.09. The zero-order valence-corrected chi connectivity index (χ0v) is 15.3. The van der Waals surface area contributed by atoms with Gasteiger partial charge in [-0.15, -0.1) is 11.3 Å². The second-order valence-corrected chi connectivity index (χ2v) is 6.51. The van der Waals surface area contributed by atoms with Gasteiger partial charge < -0.3 is 18.5 Å². The fourth-order valence-electron chi connectivity index (χ4n) is 2.37. The molecule has 3 aromatic rings. The van der Waals surface area contributed by atoms with Crippen molar-refractivity contribution in [2.75, 3.05) is 14.2 Å². The maximum absolute atomic E-state index is 12.5. The Morgan fingerprint density at radius 3 is 2.46 bits per heavy atom. The van der Waals surface area contributed by atoms with Crippen molar-refractivity contribution in [2.24, 2.45) is 7.05 Å². The molecule has 6 nitrogen and oxygen atoms in total. The quantitative estimate of drug-likeness (QED) is 0.637. The number of hydrogen-bond donors (Lipinski definition) is 0. The molecule has 3 rings (SSSR count). The van der Waals surface area contributed by atoms with Gasteiger partial charge in [0.2, 0.25) is 5.78 Å². The molecule has 0 aliphatic carbocycles. The average molecular weight is 371 g/mol. The molecule has 0 atom stereocenters. The molecule has 0 radical (unpaired) electrons. The second-order valence-electron chi connectivity index (χ2n) is 5.44. The van der Waals surface area contributed by atoms with Gasteiger partial charge in [-0.1, -0.05) is 0 Å². The number of benzene rings is 1. The third-order valence-electron chi connectivity index (χ3n) is 3.75. The van der Waals surface area contributed by atoms with Crippen LogP contribution in [0.3, 0.4) is 0 Å². The number of ketones is 1. The Kier molecular flexibility index (Phi) is 5.09. The highest BCUT2D eigenvalue weighted by Gasteiger charge is 2.08. The van der Waals surface area contributed by atoms with Crippen molar-refractivity contribution in [3.05, 3.63) is 67.5 Å². The predicted molar refractivity (Wildman–Crippen MR) is 99.4 cm³/mol. The van der Waals surface area contributed by atoms with Crippen LogP contribution in [0.15, 0.2) is 45.8 Å². The van der Waals surface area contributed by atoms with Gasteiger partial charge in [0.25, 0.3) is 5.56 Å². The Morgan fingerprint density at radius 2 is 1.88 bits per heavy atom. The van der Waals surface area contributed by atoms with Gasteiger partial charge >= 0.3 is 0 Å². The molecule has 2 aromatic heterocycles. The molecular formula is C19H17NO5S. The summed E-state index contributed by atoms with van der Waals surface area (Å²) >= 11 is 1.23. The fraction of sp³-hybridized carbons (Fsp3) is 0.158. The van der Waals surface area contributed by atoms with E-state index in [1.165, 1.54) is 28.2 Å². The van der Waals surface area contributed by atoms with E-state index in [1.54, 1.807) is 57.7 Å². The van der Waals surface area contributed by atoms with E-state index in [0.29, 0.717) is 20.7 Å². The number of carbonyl (C=O) groups excluding carboxylic acids is 1. The Hall–Kier alpha value is -3.06. The van der Waals surface area contributed by atoms with Gasteiger partial charge in [-0.25, -0.2) is 0 Å². The van der Waals surface area contributed by atoms with Gasteiger partial charge in [0.05, 0.1) is 25.0 Å². The van der Waals surface area contributed by atoms with Crippen molar-refractivity contribution in [3.8, 4) is 11.5 Å². The van der Waals surface area contributed by atoms with Gasteiger partial charge in [0, 0.05) is 19.2 Å². The third-order valence-corrected chi connectivity index (χ3v) is 4.86. The fourth-order valence-corrected chi connectivity index (χ4v) is 3.40. The van der Waals surface area contributed by atoms with Gasteiger partial charge in [-0.2, -0.15) is 0 Å². The molecule has 0 saturated heterocycles. The van der Waals surface area contributed by atoms with Crippen LogP contribution in [0.5, 0.6) is 11.5 Å². The lowest BCUT2D eigenvalue weighted by atomic mass is 10.2. The molecule has 134 valence electrons. The van der Waals surface area contributed by atoms with Crippen LogP contribution in [0.1, 0.15) is 16.1 Å². The topological polar surface area (TPSA) is 70.7 Å². The van der Waals surface area contributed by atoms with Crippen molar-refractivity contribution >= 4 is 29.3 Å². The Bertz CT molecular complexity index is 1080. The van der Waals surface area contributed by atoms with Crippen molar-refractivity contribution in [2.45, 2.75) is 0 Å². The minimum atomic E-state index is -0.290. The molecule has 0 spiro atoms. The van der Waals surface area contributed by atoms with Crippen LogP contribution in [0.25, 0.3) is 12.2 Å². The first-order chi connectivity index (χ1) is 12.5. The molecule has 1 aromatic carbocycles. The zero-order chi connectivity index (χ0) is 18.7. The average Bonchev–Trinajstić information content (AvgIpc) is 3.27. The summed E-state index contributed by atoms with van der Waals surface area (Å²) in [4.78, 5) is 24.7. The first-order valence-electron chi connectivity index (χ1n) is 7.72. The van der Waals surface area contributed by atoms with E-state index >= 15 is 0 Å². The number of hydrogen-bond acceptors (Lipinski definition) is 6. The monoisotopic (exact) mass is 371 g/mol. The maximum Gasteiger partial charge on any atom is 0.268 e. The number of carbonyl (C=O) groups is 1. The number of methoxy groups -OCH3 is 2. The number of Topliss-reactive ketones (excluding diaryl/α,β-unsaturated/α-hetero) is 1. The second kappa shape index (κ2) is 7.45. The Labute approximate surface area is 153 Å². The zero-order valence-electron chi connectivity index (χ0n) is 14.5. The summed E-state index contributed by atoms with van der Waals surface area (Å²) in [5, 5.41) is 0. The molecule has 0 amide bonds. The number of ether oxygens (including phenoxy) is 2. The first-order valence-corrected chi connectivity index (χ1v) is 8.53. The highest BCUT2D eigenvalue weighted by atomic mass is 32.1. The van der Waals surface area contributed by atoms with Crippen LogP contribution in [-0.4, -0.2) is 24.6 Å². The van der Waals surface area contributed by atoms with E-state index in [4.69, 9.17) is 13.9 Å². The van der Waals surface area contributed by atoms with E-state index < -0.39 is 0 Å². The molecule has 0 saturated carbocycles. The van der Waals surface area contributed by atoms with Crippen molar-refractivity contribution in [3.63, 3.8) is 0 Å². The SMILES string of the molecule is COc1cc(/C=c2\s/c(=C\C(=O)c3ccco3)n(C)c2=O)cc(OC)c1. The van der Waals surface area contributed by atoms with Crippen molar-refractivity contribution in [1.29, 1.82) is 0 Å². The minimum Gasteiger partial charge on any atom is -0.497 e. The highest BCUT2D eigenvalue weighted by molar-refractivity contribution is 7.07. The van der Waals surface area contributed by atoms with Crippen LogP contribution in [0.4, 0.5) is 0 Å². The van der Waals surface area contributed by atoms with E-state index in [-0.39, 0.29) is 17.1 Å². The van der Waals surface area contributed by atoms with Gasteiger partial charge in [-0.3, -0.25) is 9.59 Å². The van der Waals surface area contributed by atoms with Crippen LogP contribution in [0.2, 0.25) is 0 Å². The molecule has 0 bridgehead atoms. The third kappa shape index (κ3) is 3.62. The summed E-state index contributed by atoms with van der Waals surface area (Å²) in [5.74, 6) is 1.20. The van der Waals surface area contributed by atoms with Crippen LogP contribution < -0.4 is 24.2 Å².